The average molecular weight is 299 g/mol. The van der Waals surface area contributed by atoms with Crippen molar-refractivity contribution in [1.29, 1.82) is 0 Å². The van der Waals surface area contributed by atoms with Gasteiger partial charge in [0.05, 0.1) is 5.92 Å². The molecule has 0 spiro atoms. The van der Waals surface area contributed by atoms with Gasteiger partial charge in [0, 0.05) is 26.2 Å². The number of nitrogens with zero attached hydrogens (tertiary/aromatic N) is 7. The minimum absolute atomic E-state index is 0.00678. The normalized spacial score (nSPS) is 17.4. The van der Waals surface area contributed by atoms with Crippen LogP contribution in [0.15, 0.2) is 27.6 Å². The van der Waals surface area contributed by atoms with Crippen LogP contribution in [0.3, 0.4) is 0 Å². The molecular weight excluding hydrogens is 286 g/mol. The maximum Gasteiger partial charge on any atom is 0.345 e. The molecule has 22 heavy (non-hydrogen) atoms. The molecule has 0 N–H and O–H groups in total. The lowest BCUT2D eigenvalue weighted by molar-refractivity contribution is 0.314. The van der Waals surface area contributed by atoms with Gasteiger partial charge in [0.2, 0.25) is 11.7 Å². The van der Waals surface area contributed by atoms with Crippen molar-refractivity contribution in [2.75, 3.05) is 0 Å². The molecular formula is C13H13N7O2. The summed E-state index contributed by atoms with van der Waals surface area (Å²) in [6.07, 6.45) is 3.12. The number of rotatable bonds is 2. The third-order valence-electron chi connectivity index (χ3n) is 3.80. The van der Waals surface area contributed by atoms with Gasteiger partial charge >= 0.3 is 5.69 Å². The van der Waals surface area contributed by atoms with E-state index in [4.69, 9.17) is 4.52 Å². The van der Waals surface area contributed by atoms with Crippen molar-refractivity contribution in [3.05, 3.63) is 40.5 Å². The Balaban J connectivity index is 1.63. The molecule has 0 aliphatic carbocycles. The molecule has 0 saturated carbocycles. The lowest BCUT2D eigenvalue weighted by atomic mass is 9.99. The largest absolute Gasteiger partial charge is 0.345 e. The van der Waals surface area contributed by atoms with Gasteiger partial charge in [-0.2, -0.15) is 15.2 Å². The van der Waals surface area contributed by atoms with E-state index in [1.54, 1.807) is 29.9 Å². The highest BCUT2D eigenvalue weighted by atomic mass is 16.5. The molecule has 112 valence electrons. The van der Waals surface area contributed by atoms with E-state index in [9.17, 15) is 4.79 Å². The first-order valence-corrected chi connectivity index (χ1v) is 6.97. The SMILES string of the molecule is Cn1nc2n(c1=O)CC(c1nc(-c3cccnn3)no1)CC2. The molecule has 0 fully saturated rings. The van der Waals surface area contributed by atoms with Crippen molar-refractivity contribution in [3.63, 3.8) is 0 Å². The third kappa shape index (κ3) is 2.01. The number of aromatic nitrogens is 7. The van der Waals surface area contributed by atoms with Crippen LogP contribution in [0.1, 0.15) is 24.1 Å². The maximum absolute atomic E-state index is 12.0. The monoisotopic (exact) mass is 299 g/mol. The van der Waals surface area contributed by atoms with Crippen LogP contribution in [0.25, 0.3) is 11.5 Å². The van der Waals surface area contributed by atoms with Crippen LogP contribution in [0.5, 0.6) is 0 Å². The zero-order chi connectivity index (χ0) is 15.1. The standard InChI is InChI=1S/C13H13N7O2/c1-19-13(21)20-7-8(4-5-10(20)17-19)12-15-11(18-22-12)9-3-2-6-14-16-9/h2-3,6,8H,4-5,7H2,1H3. The van der Waals surface area contributed by atoms with Crippen LogP contribution in [0.2, 0.25) is 0 Å². The van der Waals surface area contributed by atoms with E-state index < -0.39 is 0 Å². The predicted octanol–water partition coefficient (Wildman–Crippen LogP) is 0.152. The van der Waals surface area contributed by atoms with Crippen LogP contribution in [0.4, 0.5) is 0 Å². The molecule has 0 saturated heterocycles. The Kier molecular flexibility index (Phi) is 2.84. The second kappa shape index (κ2) is 4.86. The smallest absolute Gasteiger partial charge is 0.339 e. The molecule has 3 aromatic rings. The molecule has 0 aromatic carbocycles. The Labute approximate surface area is 124 Å². The summed E-state index contributed by atoms with van der Waals surface area (Å²) in [5.74, 6) is 1.74. The number of hydrogen-bond acceptors (Lipinski definition) is 7. The molecule has 9 heteroatoms. The van der Waals surface area contributed by atoms with Gasteiger partial charge in [-0.1, -0.05) is 5.16 Å². The zero-order valence-electron chi connectivity index (χ0n) is 11.9. The fourth-order valence-corrected chi connectivity index (χ4v) is 2.67. The second-order valence-corrected chi connectivity index (χ2v) is 5.23. The predicted molar refractivity (Wildman–Crippen MR) is 73.9 cm³/mol. The summed E-state index contributed by atoms with van der Waals surface area (Å²) in [6.45, 7) is 0.504. The molecule has 3 aromatic heterocycles. The van der Waals surface area contributed by atoms with Crippen LogP contribution in [-0.2, 0) is 20.0 Å². The summed E-state index contributed by atoms with van der Waals surface area (Å²) in [5.41, 5.74) is 0.445. The van der Waals surface area contributed by atoms with E-state index in [1.807, 2.05) is 0 Å². The molecule has 1 unspecified atom stereocenters. The van der Waals surface area contributed by atoms with E-state index in [0.717, 1.165) is 12.2 Å². The maximum atomic E-state index is 12.0. The summed E-state index contributed by atoms with van der Waals surface area (Å²) < 4.78 is 8.37. The highest BCUT2D eigenvalue weighted by molar-refractivity contribution is 5.46. The van der Waals surface area contributed by atoms with Crippen LogP contribution < -0.4 is 5.69 Å². The van der Waals surface area contributed by atoms with Gasteiger partial charge in [-0.3, -0.25) is 4.57 Å². The Morgan fingerprint density at radius 3 is 3.14 bits per heavy atom. The van der Waals surface area contributed by atoms with Crippen LogP contribution in [-0.4, -0.2) is 34.7 Å². The minimum atomic E-state index is -0.117. The molecule has 1 atom stereocenters. The highest BCUT2D eigenvalue weighted by Gasteiger charge is 2.28. The topological polar surface area (TPSA) is 105 Å². The van der Waals surface area contributed by atoms with Gasteiger partial charge in [0.1, 0.15) is 11.5 Å². The molecule has 4 heterocycles. The van der Waals surface area contributed by atoms with Crippen molar-refractivity contribution in [1.82, 2.24) is 34.7 Å². The van der Waals surface area contributed by atoms with Gasteiger partial charge in [-0.25, -0.2) is 9.48 Å². The Hall–Kier alpha value is -2.84. The second-order valence-electron chi connectivity index (χ2n) is 5.23. The van der Waals surface area contributed by atoms with E-state index in [2.05, 4.69) is 25.4 Å². The fraction of sp³-hybridized carbons (Fsp3) is 0.385. The van der Waals surface area contributed by atoms with E-state index >= 15 is 0 Å². The van der Waals surface area contributed by atoms with Gasteiger partial charge in [0.25, 0.3) is 0 Å². The zero-order valence-corrected chi connectivity index (χ0v) is 11.9. The van der Waals surface area contributed by atoms with Crippen molar-refractivity contribution in [2.24, 2.45) is 7.05 Å². The fourth-order valence-electron chi connectivity index (χ4n) is 2.67. The van der Waals surface area contributed by atoms with Crippen molar-refractivity contribution < 1.29 is 4.52 Å². The van der Waals surface area contributed by atoms with Crippen molar-refractivity contribution in [2.45, 2.75) is 25.3 Å². The van der Waals surface area contributed by atoms with E-state index in [0.29, 0.717) is 30.4 Å². The highest BCUT2D eigenvalue weighted by Crippen LogP contribution is 2.27. The molecule has 1 aliphatic heterocycles. The quantitative estimate of drug-likeness (QED) is 0.663. The molecule has 0 amide bonds. The molecule has 9 nitrogen and oxygen atoms in total. The summed E-state index contributed by atoms with van der Waals surface area (Å²) in [5, 5.41) is 15.9. The summed E-state index contributed by atoms with van der Waals surface area (Å²) in [7, 11) is 1.65. The first-order chi connectivity index (χ1) is 10.7. The first kappa shape index (κ1) is 12.9. The van der Waals surface area contributed by atoms with E-state index in [1.165, 1.54) is 4.68 Å². The van der Waals surface area contributed by atoms with Crippen LogP contribution >= 0.6 is 0 Å². The van der Waals surface area contributed by atoms with Gasteiger partial charge < -0.3 is 4.52 Å². The van der Waals surface area contributed by atoms with Gasteiger partial charge in [-0.15, -0.1) is 5.10 Å². The Morgan fingerprint density at radius 2 is 2.32 bits per heavy atom. The molecule has 0 bridgehead atoms. The summed E-state index contributed by atoms with van der Waals surface area (Å²) in [6, 6.07) is 3.53. The number of aryl methyl sites for hydroxylation is 2. The first-order valence-electron chi connectivity index (χ1n) is 6.97. The number of fused-ring (bicyclic) bond motifs is 1. The summed E-state index contributed by atoms with van der Waals surface area (Å²) in [4.78, 5) is 16.4. The lowest BCUT2D eigenvalue weighted by Gasteiger charge is -2.18. The van der Waals surface area contributed by atoms with Crippen LogP contribution in [0, 0.1) is 0 Å². The van der Waals surface area contributed by atoms with Crippen molar-refractivity contribution in [3.8, 4) is 11.5 Å². The Bertz CT molecular complexity index is 864. The summed E-state index contributed by atoms with van der Waals surface area (Å²) >= 11 is 0. The molecule has 0 radical (unpaired) electrons. The third-order valence-corrected chi connectivity index (χ3v) is 3.80. The molecule has 4 rings (SSSR count). The van der Waals surface area contributed by atoms with Crippen molar-refractivity contribution >= 4 is 0 Å². The van der Waals surface area contributed by atoms with E-state index in [-0.39, 0.29) is 11.6 Å². The minimum Gasteiger partial charge on any atom is -0.339 e. The molecule has 1 aliphatic rings. The average Bonchev–Trinajstić information content (AvgIpc) is 3.14. The van der Waals surface area contributed by atoms with Gasteiger partial charge in [-0.05, 0) is 18.6 Å². The van der Waals surface area contributed by atoms with Gasteiger partial charge in [0.15, 0.2) is 0 Å². The lowest BCUT2D eigenvalue weighted by Crippen LogP contribution is -2.29. The number of hydrogen-bond donors (Lipinski definition) is 0. The Morgan fingerprint density at radius 1 is 1.41 bits per heavy atom.